The van der Waals surface area contributed by atoms with Crippen LogP contribution in [0.5, 0.6) is 0 Å². The highest BCUT2D eigenvalue weighted by atomic mass is 19.2. The Morgan fingerprint density at radius 2 is 1.75 bits per heavy atom. The van der Waals surface area contributed by atoms with Crippen LogP contribution in [0.3, 0.4) is 0 Å². The minimum Gasteiger partial charge on any atom is -0.377 e. The van der Waals surface area contributed by atoms with E-state index in [1.807, 2.05) is 0 Å². The van der Waals surface area contributed by atoms with E-state index in [4.69, 9.17) is 10.5 Å². The van der Waals surface area contributed by atoms with Gasteiger partial charge in [0.05, 0.1) is 12.7 Å². The zero-order valence-corrected chi connectivity index (χ0v) is 13.7. The van der Waals surface area contributed by atoms with Gasteiger partial charge in [-0.3, -0.25) is 0 Å². The molecule has 0 bridgehead atoms. The number of ether oxygens (including phenoxy) is 1. The molecule has 1 aromatic rings. The summed E-state index contributed by atoms with van der Waals surface area (Å²) >= 11 is 0. The Morgan fingerprint density at radius 1 is 1.04 bits per heavy atom. The maximum atomic E-state index is 13.9. The standard InChI is InChI=1S/C18H25F3N2O/c19-13-7-8-14(20)18(21)17(13)11-3-5-12(6-4-11)24-10-16-15(22)2-1-9-23-16/h7-8,11-12,15-16,23H,1-6,9-10,22H2/t11-,12+,15?,16-/m0/s1. The Labute approximate surface area is 140 Å². The molecule has 6 heteroatoms. The first-order chi connectivity index (χ1) is 11.6. The van der Waals surface area contributed by atoms with Crippen LogP contribution in [0.2, 0.25) is 0 Å². The summed E-state index contributed by atoms with van der Waals surface area (Å²) in [4.78, 5) is 0. The Balaban J connectivity index is 1.52. The number of benzene rings is 1. The first-order valence-corrected chi connectivity index (χ1v) is 8.80. The highest BCUT2D eigenvalue weighted by molar-refractivity contribution is 5.25. The van der Waals surface area contributed by atoms with E-state index in [9.17, 15) is 13.2 Å². The van der Waals surface area contributed by atoms with Crippen molar-refractivity contribution in [3.8, 4) is 0 Å². The van der Waals surface area contributed by atoms with E-state index in [1.54, 1.807) is 0 Å². The van der Waals surface area contributed by atoms with Gasteiger partial charge in [0.2, 0.25) is 0 Å². The fourth-order valence-corrected chi connectivity index (χ4v) is 3.84. The van der Waals surface area contributed by atoms with Crippen molar-refractivity contribution < 1.29 is 17.9 Å². The van der Waals surface area contributed by atoms with Gasteiger partial charge in [0.15, 0.2) is 11.6 Å². The molecular weight excluding hydrogens is 317 g/mol. The summed E-state index contributed by atoms with van der Waals surface area (Å²) in [6, 6.07) is 2.13. The molecule has 3 nitrogen and oxygen atoms in total. The van der Waals surface area contributed by atoms with Crippen LogP contribution >= 0.6 is 0 Å². The smallest absolute Gasteiger partial charge is 0.165 e. The van der Waals surface area contributed by atoms with Crippen molar-refractivity contribution in [1.82, 2.24) is 5.32 Å². The molecule has 2 atom stereocenters. The molecule has 1 aromatic carbocycles. The zero-order valence-electron chi connectivity index (χ0n) is 13.7. The summed E-state index contributed by atoms with van der Waals surface area (Å²) in [7, 11) is 0. The van der Waals surface area contributed by atoms with Crippen molar-refractivity contribution in [3.63, 3.8) is 0 Å². The predicted molar refractivity (Wildman–Crippen MR) is 86.3 cm³/mol. The molecule has 1 saturated heterocycles. The number of piperidine rings is 1. The summed E-state index contributed by atoms with van der Waals surface area (Å²) in [5.41, 5.74) is 5.97. The van der Waals surface area contributed by atoms with Crippen molar-refractivity contribution in [2.75, 3.05) is 13.2 Å². The van der Waals surface area contributed by atoms with Crippen LogP contribution in [-0.2, 0) is 4.74 Å². The molecule has 0 radical (unpaired) electrons. The van der Waals surface area contributed by atoms with Gasteiger partial charge in [0.1, 0.15) is 5.82 Å². The SMILES string of the molecule is NC1CCCN[C@H]1CO[C@H]1CC[C@@H](c2c(F)ccc(F)c2F)CC1. The third-order valence-corrected chi connectivity index (χ3v) is 5.31. The van der Waals surface area contributed by atoms with Crippen LogP contribution in [0.4, 0.5) is 13.2 Å². The second-order valence-electron chi connectivity index (χ2n) is 6.93. The van der Waals surface area contributed by atoms with E-state index >= 15 is 0 Å². The lowest BCUT2D eigenvalue weighted by Crippen LogP contribution is -2.52. The van der Waals surface area contributed by atoms with Crippen LogP contribution in [-0.4, -0.2) is 31.3 Å². The second-order valence-corrected chi connectivity index (χ2v) is 6.93. The molecule has 1 heterocycles. The highest BCUT2D eigenvalue weighted by Gasteiger charge is 2.29. The molecule has 1 aliphatic carbocycles. The van der Waals surface area contributed by atoms with Gasteiger partial charge in [-0.1, -0.05) is 0 Å². The molecule has 2 aliphatic rings. The van der Waals surface area contributed by atoms with Gasteiger partial charge in [0, 0.05) is 17.6 Å². The molecule has 134 valence electrons. The van der Waals surface area contributed by atoms with Crippen molar-refractivity contribution in [1.29, 1.82) is 0 Å². The third-order valence-electron chi connectivity index (χ3n) is 5.31. The van der Waals surface area contributed by atoms with E-state index < -0.39 is 17.5 Å². The number of halogens is 3. The largest absolute Gasteiger partial charge is 0.377 e. The van der Waals surface area contributed by atoms with Crippen molar-refractivity contribution >= 4 is 0 Å². The first-order valence-electron chi connectivity index (χ1n) is 8.80. The van der Waals surface area contributed by atoms with Crippen LogP contribution in [0.15, 0.2) is 12.1 Å². The van der Waals surface area contributed by atoms with Gasteiger partial charge in [-0.2, -0.15) is 0 Å². The number of rotatable bonds is 4. The molecule has 0 aromatic heterocycles. The van der Waals surface area contributed by atoms with Gasteiger partial charge in [-0.25, -0.2) is 13.2 Å². The lowest BCUT2D eigenvalue weighted by atomic mass is 9.82. The number of nitrogens with two attached hydrogens (primary N) is 1. The van der Waals surface area contributed by atoms with E-state index in [0.717, 1.165) is 44.4 Å². The van der Waals surface area contributed by atoms with Crippen molar-refractivity contribution in [2.24, 2.45) is 5.73 Å². The molecule has 1 aliphatic heterocycles. The summed E-state index contributed by atoms with van der Waals surface area (Å²) < 4.78 is 47.1. The lowest BCUT2D eigenvalue weighted by Gasteiger charge is -2.33. The van der Waals surface area contributed by atoms with Crippen LogP contribution in [0, 0.1) is 17.5 Å². The fraction of sp³-hybridized carbons (Fsp3) is 0.667. The summed E-state index contributed by atoms with van der Waals surface area (Å²) in [6.07, 6.45) is 4.83. The maximum absolute atomic E-state index is 13.9. The van der Waals surface area contributed by atoms with Crippen LogP contribution in [0.25, 0.3) is 0 Å². The Hall–Kier alpha value is -1.11. The Bertz CT molecular complexity index is 561. The normalized spacial score (nSPS) is 31.2. The van der Waals surface area contributed by atoms with Crippen molar-refractivity contribution in [3.05, 3.63) is 35.1 Å². The quantitative estimate of drug-likeness (QED) is 0.826. The second kappa shape index (κ2) is 7.85. The van der Waals surface area contributed by atoms with Crippen LogP contribution < -0.4 is 11.1 Å². The lowest BCUT2D eigenvalue weighted by molar-refractivity contribution is 0.00581. The maximum Gasteiger partial charge on any atom is 0.165 e. The minimum absolute atomic E-state index is 0.0804. The van der Waals surface area contributed by atoms with Gasteiger partial charge >= 0.3 is 0 Å². The van der Waals surface area contributed by atoms with E-state index in [-0.39, 0.29) is 29.7 Å². The predicted octanol–water partition coefficient (Wildman–Crippen LogP) is 3.23. The van der Waals surface area contributed by atoms with Crippen molar-refractivity contribution in [2.45, 2.75) is 62.6 Å². The van der Waals surface area contributed by atoms with E-state index in [2.05, 4.69) is 5.32 Å². The average Bonchev–Trinajstić information content (AvgIpc) is 2.59. The molecular formula is C18H25F3N2O. The molecule has 24 heavy (non-hydrogen) atoms. The van der Waals surface area contributed by atoms with Gasteiger partial charge in [0.25, 0.3) is 0 Å². The fourth-order valence-electron chi connectivity index (χ4n) is 3.84. The van der Waals surface area contributed by atoms with Crippen LogP contribution in [0.1, 0.15) is 50.0 Å². The Morgan fingerprint density at radius 3 is 2.46 bits per heavy atom. The number of nitrogens with one attached hydrogen (secondary N) is 1. The Kier molecular flexibility index (Phi) is 5.79. The molecule has 3 rings (SSSR count). The number of hydrogen-bond donors (Lipinski definition) is 2. The molecule has 3 N–H and O–H groups in total. The average molecular weight is 342 g/mol. The minimum atomic E-state index is -1.04. The first kappa shape index (κ1) is 17.7. The zero-order chi connectivity index (χ0) is 17.1. The highest BCUT2D eigenvalue weighted by Crippen LogP contribution is 2.37. The molecule has 0 amide bonds. The monoisotopic (exact) mass is 342 g/mol. The van der Waals surface area contributed by atoms with Gasteiger partial charge < -0.3 is 15.8 Å². The molecule has 1 unspecified atom stereocenters. The van der Waals surface area contributed by atoms with E-state index in [0.29, 0.717) is 19.4 Å². The molecule has 2 fully saturated rings. The third kappa shape index (κ3) is 3.92. The topological polar surface area (TPSA) is 47.3 Å². The summed E-state index contributed by atoms with van der Waals surface area (Å²) in [6.45, 7) is 1.53. The van der Waals surface area contributed by atoms with E-state index in [1.165, 1.54) is 0 Å². The molecule has 1 saturated carbocycles. The summed E-state index contributed by atoms with van der Waals surface area (Å²) in [5.74, 6) is -2.97. The van der Waals surface area contributed by atoms with Gasteiger partial charge in [-0.15, -0.1) is 0 Å². The molecule has 0 spiro atoms. The summed E-state index contributed by atoms with van der Waals surface area (Å²) in [5, 5.41) is 3.37. The number of hydrogen-bond acceptors (Lipinski definition) is 3. The van der Waals surface area contributed by atoms with Gasteiger partial charge in [-0.05, 0) is 63.1 Å².